The minimum absolute atomic E-state index is 0.417. The molecule has 4 aromatic rings. The summed E-state index contributed by atoms with van der Waals surface area (Å²) >= 11 is 0. The number of pyridine rings is 1. The number of rotatable bonds is 5. The standard InChI is InChI=1S/C17H16N8O/c18-14-6-13(15-17(21-14)23-24-22-15)5-11-7-20-25(9-11)8-10-1-3-12(4-2-10)16(19)26/h1-4,6-7,9H,5,8H2,(H2,19,26)(H3,18,21,22,23,24). The maximum atomic E-state index is 11.1. The molecule has 3 heterocycles. The van der Waals surface area contributed by atoms with E-state index in [9.17, 15) is 4.79 Å². The highest BCUT2D eigenvalue weighted by Gasteiger charge is 2.10. The molecule has 4 rings (SSSR count). The highest BCUT2D eigenvalue weighted by Crippen LogP contribution is 2.19. The molecule has 0 unspecified atom stereocenters. The molecule has 1 amide bonds. The zero-order valence-corrected chi connectivity index (χ0v) is 13.8. The number of nitrogens with zero attached hydrogens (tertiary/aromatic N) is 5. The van der Waals surface area contributed by atoms with Gasteiger partial charge in [0.1, 0.15) is 11.3 Å². The van der Waals surface area contributed by atoms with Crippen molar-refractivity contribution in [1.29, 1.82) is 0 Å². The van der Waals surface area contributed by atoms with Crippen molar-refractivity contribution in [2.45, 2.75) is 13.0 Å². The molecule has 0 aliphatic rings. The summed E-state index contributed by atoms with van der Waals surface area (Å²) in [5, 5.41) is 15.0. The third-order valence-electron chi connectivity index (χ3n) is 4.06. The number of anilines is 1. The van der Waals surface area contributed by atoms with Crippen molar-refractivity contribution in [3.63, 3.8) is 0 Å². The number of benzene rings is 1. The van der Waals surface area contributed by atoms with Crippen molar-refractivity contribution in [3.8, 4) is 0 Å². The number of nitrogens with two attached hydrogens (primary N) is 2. The molecule has 9 nitrogen and oxygen atoms in total. The van der Waals surface area contributed by atoms with Crippen LogP contribution in [0.2, 0.25) is 0 Å². The first-order chi connectivity index (χ1) is 12.6. The van der Waals surface area contributed by atoms with Crippen molar-refractivity contribution in [3.05, 3.63) is 65.0 Å². The van der Waals surface area contributed by atoms with Crippen LogP contribution in [0.1, 0.15) is 27.0 Å². The van der Waals surface area contributed by atoms with Crippen LogP contribution < -0.4 is 11.5 Å². The molecule has 0 atom stereocenters. The van der Waals surface area contributed by atoms with Crippen LogP contribution in [-0.4, -0.2) is 36.1 Å². The lowest BCUT2D eigenvalue weighted by molar-refractivity contribution is 0.100. The van der Waals surface area contributed by atoms with Crippen molar-refractivity contribution in [1.82, 2.24) is 30.2 Å². The average molecular weight is 348 g/mol. The molecule has 1 aromatic carbocycles. The number of hydrogen-bond donors (Lipinski definition) is 3. The number of nitrogen functional groups attached to an aromatic ring is 1. The molecule has 0 fully saturated rings. The van der Waals surface area contributed by atoms with Crippen LogP contribution in [0.25, 0.3) is 11.2 Å². The smallest absolute Gasteiger partial charge is 0.248 e. The number of hydrogen-bond acceptors (Lipinski definition) is 6. The fraction of sp³-hybridized carbons (Fsp3) is 0.118. The van der Waals surface area contributed by atoms with Gasteiger partial charge in [0, 0.05) is 18.2 Å². The van der Waals surface area contributed by atoms with Gasteiger partial charge in [-0.3, -0.25) is 9.48 Å². The van der Waals surface area contributed by atoms with Crippen LogP contribution in [0.4, 0.5) is 5.82 Å². The Morgan fingerprint density at radius 3 is 2.77 bits per heavy atom. The first-order valence-corrected chi connectivity index (χ1v) is 7.95. The van der Waals surface area contributed by atoms with E-state index >= 15 is 0 Å². The number of carbonyl (C=O) groups excluding carboxylic acids is 1. The predicted molar refractivity (Wildman–Crippen MR) is 95.2 cm³/mol. The molecule has 0 radical (unpaired) electrons. The second kappa shape index (κ2) is 6.28. The number of carbonyl (C=O) groups is 1. The zero-order valence-electron chi connectivity index (χ0n) is 13.8. The lowest BCUT2D eigenvalue weighted by Gasteiger charge is -2.03. The molecular weight excluding hydrogens is 332 g/mol. The summed E-state index contributed by atoms with van der Waals surface area (Å²) in [4.78, 5) is 15.3. The molecule has 130 valence electrons. The molecule has 0 bridgehead atoms. The van der Waals surface area contributed by atoms with Gasteiger partial charge in [-0.05, 0) is 34.9 Å². The van der Waals surface area contributed by atoms with Gasteiger partial charge in [0.05, 0.1) is 12.7 Å². The number of aromatic amines is 1. The number of primary amides is 1. The molecule has 0 aliphatic heterocycles. The highest BCUT2D eigenvalue weighted by molar-refractivity contribution is 5.92. The maximum Gasteiger partial charge on any atom is 0.248 e. The van der Waals surface area contributed by atoms with E-state index in [4.69, 9.17) is 11.5 Å². The number of H-pyrrole nitrogens is 1. The van der Waals surface area contributed by atoms with E-state index in [1.54, 1.807) is 24.4 Å². The first-order valence-electron chi connectivity index (χ1n) is 7.95. The monoisotopic (exact) mass is 348 g/mol. The fourth-order valence-corrected chi connectivity index (χ4v) is 2.83. The Hall–Kier alpha value is -3.75. The topological polar surface area (TPSA) is 141 Å². The van der Waals surface area contributed by atoms with E-state index in [2.05, 4.69) is 25.5 Å². The van der Waals surface area contributed by atoms with Gasteiger partial charge in [-0.15, -0.1) is 5.10 Å². The minimum atomic E-state index is -0.436. The van der Waals surface area contributed by atoms with Gasteiger partial charge in [-0.2, -0.15) is 5.10 Å². The third-order valence-corrected chi connectivity index (χ3v) is 4.06. The summed E-state index contributed by atoms with van der Waals surface area (Å²) in [5.74, 6) is -0.0193. The van der Waals surface area contributed by atoms with E-state index in [0.29, 0.717) is 35.5 Å². The third kappa shape index (κ3) is 3.09. The Labute approximate surface area is 148 Å². The molecule has 0 saturated carbocycles. The van der Waals surface area contributed by atoms with Gasteiger partial charge >= 0.3 is 0 Å². The Kier molecular flexibility index (Phi) is 3.81. The molecular formula is C17H16N8O. The van der Waals surface area contributed by atoms with Crippen LogP contribution >= 0.6 is 0 Å². The van der Waals surface area contributed by atoms with Gasteiger partial charge in [0.15, 0.2) is 5.65 Å². The van der Waals surface area contributed by atoms with E-state index < -0.39 is 5.91 Å². The fourth-order valence-electron chi connectivity index (χ4n) is 2.83. The Morgan fingerprint density at radius 2 is 2.00 bits per heavy atom. The largest absolute Gasteiger partial charge is 0.384 e. The second-order valence-electron chi connectivity index (χ2n) is 6.00. The summed E-state index contributed by atoms with van der Waals surface area (Å²) in [5.41, 5.74) is 15.8. The molecule has 0 spiro atoms. The lowest BCUT2D eigenvalue weighted by atomic mass is 10.1. The van der Waals surface area contributed by atoms with Crippen molar-refractivity contribution < 1.29 is 4.79 Å². The second-order valence-corrected chi connectivity index (χ2v) is 6.00. The van der Waals surface area contributed by atoms with Crippen LogP contribution in [-0.2, 0) is 13.0 Å². The van der Waals surface area contributed by atoms with Gasteiger partial charge in [-0.25, -0.2) is 10.1 Å². The summed E-state index contributed by atoms with van der Waals surface area (Å²) in [6.07, 6.45) is 4.39. The summed E-state index contributed by atoms with van der Waals surface area (Å²) < 4.78 is 1.83. The number of fused-ring (bicyclic) bond motifs is 1. The van der Waals surface area contributed by atoms with Crippen LogP contribution in [0.15, 0.2) is 42.7 Å². The SMILES string of the molecule is NC(=O)c1ccc(Cn2cc(Cc3cc(N)nc4[nH]nnc34)cn2)cc1. The summed E-state index contributed by atoms with van der Waals surface area (Å²) in [7, 11) is 0. The lowest BCUT2D eigenvalue weighted by Crippen LogP contribution is -2.10. The zero-order chi connectivity index (χ0) is 18.1. The Balaban J connectivity index is 1.52. The highest BCUT2D eigenvalue weighted by atomic mass is 16.1. The van der Waals surface area contributed by atoms with E-state index in [-0.39, 0.29) is 0 Å². The molecule has 3 aromatic heterocycles. The van der Waals surface area contributed by atoms with Gasteiger partial charge < -0.3 is 11.5 Å². The van der Waals surface area contributed by atoms with E-state index in [0.717, 1.165) is 16.7 Å². The Bertz CT molecular complexity index is 1080. The quantitative estimate of drug-likeness (QED) is 0.488. The molecule has 26 heavy (non-hydrogen) atoms. The average Bonchev–Trinajstić information content (AvgIpc) is 3.24. The molecule has 0 saturated heterocycles. The van der Waals surface area contributed by atoms with Crippen LogP contribution in [0.3, 0.4) is 0 Å². The summed E-state index contributed by atoms with van der Waals surface area (Å²) in [6.45, 7) is 0.594. The van der Waals surface area contributed by atoms with Crippen molar-refractivity contribution in [2.75, 3.05) is 5.73 Å². The predicted octanol–water partition coefficient (Wildman–Crippen LogP) is 0.870. The Morgan fingerprint density at radius 1 is 1.19 bits per heavy atom. The van der Waals surface area contributed by atoms with Gasteiger partial charge in [0.2, 0.25) is 5.91 Å². The van der Waals surface area contributed by atoms with E-state index in [1.165, 1.54) is 0 Å². The number of amides is 1. The summed E-state index contributed by atoms with van der Waals surface area (Å²) in [6, 6.07) is 8.95. The first kappa shape index (κ1) is 15.8. The normalized spacial score (nSPS) is 11.1. The van der Waals surface area contributed by atoms with Crippen molar-refractivity contribution in [2.24, 2.45) is 5.73 Å². The van der Waals surface area contributed by atoms with Gasteiger partial charge in [0.25, 0.3) is 0 Å². The van der Waals surface area contributed by atoms with Gasteiger partial charge in [-0.1, -0.05) is 17.3 Å². The van der Waals surface area contributed by atoms with E-state index in [1.807, 2.05) is 23.0 Å². The molecule has 9 heteroatoms. The minimum Gasteiger partial charge on any atom is -0.384 e. The molecule has 0 aliphatic carbocycles. The van der Waals surface area contributed by atoms with Crippen LogP contribution in [0, 0.1) is 0 Å². The maximum absolute atomic E-state index is 11.1. The van der Waals surface area contributed by atoms with Crippen LogP contribution in [0.5, 0.6) is 0 Å². The van der Waals surface area contributed by atoms with Crippen molar-refractivity contribution >= 4 is 22.9 Å². The number of aromatic nitrogens is 6. The molecule has 5 N–H and O–H groups in total. The number of nitrogens with one attached hydrogen (secondary N) is 1.